The van der Waals surface area contributed by atoms with Crippen molar-refractivity contribution in [3.05, 3.63) is 47.7 Å². The van der Waals surface area contributed by atoms with Crippen molar-refractivity contribution in [1.82, 2.24) is 10.2 Å². The number of nitrogens with one attached hydrogen (secondary N) is 1. The molecule has 2 aromatic rings. The van der Waals surface area contributed by atoms with Gasteiger partial charge in [0.15, 0.2) is 5.69 Å². The van der Waals surface area contributed by atoms with Crippen LogP contribution in [0.15, 0.2) is 36.4 Å². The molecule has 0 fully saturated rings. The van der Waals surface area contributed by atoms with E-state index >= 15 is 0 Å². The van der Waals surface area contributed by atoms with E-state index < -0.39 is 0 Å². The van der Waals surface area contributed by atoms with E-state index in [1.54, 1.807) is 19.2 Å². The van der Waals surface area contributed by atoms with E-state index in [4.69, 9.17) is 10.00 Å². The molecule has 1 aromatic carbocycles. The number of methoxy groups -OCH3 is 1. The molecule has 0 bridgehead atoms. The summed E-state index contributed by atoms with van der Waals surface area (Å²) >= 11 is 0. The molecule has 5 nitrogen and oxygen atoms in total. The summed E-state index contributed by atoms with van der Waals surface area (Å²) < 4.78 is 5.08. The lowest BCUT2D eigenvalue weighted by molar-refractivity contribution is 0.414. The molecule has 0 saturated carbocycles. The molecule has 1 aromatic heterocycles. The van der Waals surface area contributed by atoms with Crippen LogP contribution in [0.3, 0.4) is 0 Å². The Morgan fingerprint density at radius 2 is 1.94 bits per heavy atom. The zero-order valence-electron chi connectivity index (χ0n) is 9.92. The first-order chi connectivity index (χ1) is 8.81. The zero-order valence-corrected chi connectivity index (χ0v) is 9.92. The SMILES string of the molecule is COc1ccc(CNc2ccc(C#N)nn2)cc1. The van der Waals surface area contributed by atoms with E-state index in [9.17, 15) is 0 Å². The van der Waals surface area contributed by atoms with Crippen LogP contribution in [-0.4, -0.2) is 17.3 Å². The molecule has 0 spiro atoms. The van der Waals surface area contributed by atoms with E-state index in [0.29, 0.717) is 18.1 Å². The van der Waals surface area contributed by atoms with Crippen LogP contribution < -0.4 is 10.1 Å². The molecular formula is C13H12N4O. The summed E-state index contributed by atoms with van der Waals surface area (Å²) in [4.78, 5) is 0. The summed E-state index contributed by atoms with van der Waals surface area (Å²) in [6.07, 6.45) is 0. The predicted molar refractivity (Wildman–Crippen MR) is 67.1 cm³/mol. The smallest absolute Gasteiger partial charge is 0.163 e. The minimum atomic E-state index is 0.310. The van der Waals surface area contributed by atoms with Crippen molar-refractivity contribution in [3.63, 3.8) is 0 Å². The highest BCUT2D eigenvalue weighted by atomic mass is 16.5. The van der Waals surface area contributed by atoms with Gasteiger partial charge >= 0.3 is 0 Å². The molecule has 0 aliphatic carbocycles. The van der Waals surface area contributed by atoms with Crippen molar-refractivity contribution in [2.45, 2.75) is 6.54 Å². The van der Waals surface area contributed by atoms with Crippen molar-refractivity contribution in [2.75, 3.05) is 12.4 Å². The maximum atomic E-state index is 8.60. The Morgan fingerprint density at radius 3 is 2.50 bits per heavy atom. The second-order valence-corrected chi connectivity index (χ2v) is 3.62. The van der Waals surface area contributed by atoms with Gasteiger partial charge in [0.25, 0.3) is 0 Å². The van der Waals surface area contributed by atoms with E-state index in [1.165, 1.54) is 0 Å². The Morgan fingerprint density at radius 1 is 1.17 bits per heavy atom. The van der Waals surface area contributed by atoms with Crippen LogP contribution in [0.4, 0.5) is 5.82 Å². The number of nitriles is 1. The lowest BCUT2D eigenvalue weighted by atomic mass is 10.2. The number of nitrogens with zero attached hydrogens (tertiary/aromatic N) is 3. The van der Waals surface area contributed by atoms with Gasteiger partial charge in [0, 0.05) is 6.54 Å². The molecule has 0 aliphatic rings. The average Bonchev–Trinajstić information content (AvgIpc) is 2.46. The molecule has 18 heavy (non-hydrogen) atoms. The molecule has 1 heterocycles. The first kappa shape index (κ1) is 11.9. The average molecular weight is 240 g/mol. The molecule has 1 N–H and O–H groups in total. The number of hydrogen-bond donors (Lipinski definition) is 1. The Hall–Kier alpha value is -2.61. The van der Waals surface area contributed by atoms with Crippen LogP contribution in [0.25, 0.3) is 0 Å². The summed E-state index contributed by atoms with van der Waals surface area (Å²) in [6.45, 7) is 0.643. The van der Waals surface area contributed by atoms with Crippen LogP contribution in [0.1, 0.15) is 11.3 Å². The molecule has 0 saturated heterocycles. The predicted octanol–water partition coefficient (Wildman–Crippen LogP) is 1.97. The maximum Gasteiger partial charge on any atom is 0.163 e. The van der Waals surface area contributed by atoms with Crippen LogP contribution in [0, 0.1) is 11.3 Å². The van der Waals surface area contributed by atoms with Crippen molar-refractivity contribution < 1.29 is 4.74 Å². The summed E-state index contributed by atoms with van der Waals surface area (Å²) in [5.74, 6) is 1.47. The molecule has 0 aliphatic heterocycles. The summed E-state index contributed by atoms with van der Waals surface area (Å²) in [6, 6.07) is 13.0. The molecule has 2 rings (SSSR count). The molecular weight excluding hydrogens is 228 g/mol. The Balaban J connectivity index is 1.95. The summed E-state index contributed by atoms with van der Waals surface area (Å²) in [5, 5.41) is 19.4. The number of anilines is 1. The maximum absolute atomic E-state index is 8.60. The zero-order chi connectivity index (χ0) is 12.8. The van der Waals surface area contributed by atoms with Gasteiger partial charge in [-0.1, -0.05) is 12.1 Å². The monoisotopic (exact) mass is 240 g/mol. The van der Waals surface area contributed by atoms with Gasteiger partial charge < -0.3 is 10.1 Å². The second-order valence-electron chi connectivity index (χ2n) is 3.62. The van der Waals surface area contributed by atoms with Gasteiger partial charge in [-0.3, -0.25) is 0 Å². The van der Waals surface area contributed by atoms with Crippen molar-refractivity contribution in [2.24, 2.45) is 0 Å². The topological polar surface area (TPSA) is 70.8 Å². The third kappa shape index (κ3) is 2.95. The van der Waals surface area contributed by atoms with Gasteiger partial charge in [0.05, 0.1) is 7.11 Å². The number of hydrogen-bond acceptors (Lipinski definition) is 5. The lowest BCUT2D eigenvalue weighted by Crippen LogP contribution is -2.02. The largest absolute Gasteiger partial charge is 0.497 e. The Labute approximate surface area is 105 Å². The van der Waals surface area contributed by atoms with E-state index in [2.05, 4.69) is 15.5 Å². The third-order valence-corrected chi connectivity index (χ3v) is 2.41. The van der Waals surface area contributed by atoms with Crippen molar-refractivity contribution >= 4 is 5.82 Å². The van der Waals surface area contributed by atoms with Gasteiger partial charge in [-0.05, 0) is 29.8 Å². The van der Waals surface area contributed by atoms with Crippen LogP contribution in [0.5, 0.6) is 5.75 Å². The third-order valence-electron chi connectivity index (χ3n) is 2.41. The first-order valence-corrected chi connectivity index (χ1v) is 5.42. The lowest BCUT2D eigenvalue weighted by Gasteiger charge is -2.05. The highest BCUT2D eigenvalue weighted by molar-refractivity contribution is 5.37. The summed E-state index contributed by atoms with van der Waals surface area (Å²) in [7, 11) is 1.64. The first-order valence-electron chi connectivity index (χ1n) is 5.42. The van der Waals surface area contributed by atoms with Gasteiger partial charge in [-0.15, -0.1) is 10.2 Å². The van der Waals surface area contributed by atoms with Gasteiger partial charge in [-0.2, -0.15) is 5.26 Å². The molecule has 90 valence electrons. The minimum absolute atomic E-state index is 0.310. The standard InChI is InChI=1S/C13H12N4O/c1-18-12-5-2-10(3-6-12)9-15-13-7-4-11(8-14)16-17-13/h2-7H,9H2,1H3,(H,15,17). The van der Waals surface area contributed by atoms with Gasteiger partial charge in [0.1, 0.15) is 17.6 Å². The number of benzene rings is 1. The molecule has 5 heteroatoms. The second kappa shape index (κ2) is 5.64. The fourth-order valence-electron chi connectivity index (χ4n) is 1.42. The highest BCUT2D eigenvalue weighted by Gasteiger charge is 1.98. The number of aromatic nitrogens is 2. The number of ether oxygens (including phenoxy) is 1. The Bertz CT molecular complexity index is 543. The highest BCUT2D eigenvalue weighted by Crippen LogP contribution is 2.12. The van der Waals surface area contributed by atoms with E-state index in [0.717, 1.165) is 11.3 Å². The minimum Gasteiger partial charge on any atom is -0.497 e. The number of rotatable bonds is 4. The Kier molecular flexibility index (Phi) is 3.72. The molecule has 0 unspecified atom stereocenters. The van der Waals surface area contributed by atoms with Crippen LogP contribution in [-0.2, 0) is 6.54 Å². The van der Waals surface area contributed by atoms with Crippen molar-refractivity contribution in [1.29, 1.82) is 5.26 Å². The van der Waals surface area contributed by atoms with Gasteiger partial charge in [0.2, 0.25) is 0 Å². The van der Waals surface area contributed by atoms with Crippen LogP contribution >= 0.6 is 0 Å². The molecule has 0 radical (unpaired) electrons. The van der Waals surface area contributed by atoms with E-state index in [-0.39, 0.29) is 0 Å². The quantitative estimate of drug-likeness (QED) is 0.884. The fourth-order valence-corrected chi connectivity index (χ4v) is 1.42. The van der Waals surface area contributed by atoms with Gasteiger partial charge in [-0.25, -0.2) is 0 Å². The van der Waals surface area contributed by atoms with Crippen LogP contribution in [0.2, 0.25) is 0 Å². The van der Waals surface area contributed by atoms with Crippen molar-refractivity contribution in [3.8, 4) is 11.8 Å². The summed E-state index contributed by atoms with van der Waals surface area (Å²) in [5.41, 5.74) is 1.42. The molecule has 0 atom stereocenters. The normalized spacial score (nSPS) is 9.56. The van der Waals surface area contributed by atoms with E-state index in [1.807, 2.05) is 30.3 Å². The fraction of sp³-hybridized carbons (Fsp3) is 0.154. The molecule has 0 amide bonds.